The van der Waals surface area contributed by atoms with Crippen LogP contribution in [0.1, 0.15) is 18.4 Å². The first-order chi connectivity index (χ1) is 12.2. The summed E-state index contributed by atoms with van der Waals surface area (Å²) in [5.74, 6) is 1.57. The van der Waals surface area contributed by atoms with Crippen LogP contribution < -0.4 is 15.0 Å². The van der Waals surface area contributed by atoms with Crippen molar-refractivity contribution in [2.24, 2.45) is 5.92 Å². The topological polar surface area (TPSA) is 67.3 Å². The maximum atomic E-state index is 12.4. The van der Waals surface area contributed by atoms with Gasteiger partial charge >= 0.3 is 0 Å². The third-order valence-corrected chi connectivity index (χ3v) is 4.32. The van der Waals surface area contributed by atoms with E-state index < -0.39 is 0 Å². The fraction of sp³-hybridized carbons (Fsp3) is 0.421. The molecule has 1 aromatic heterocycles. The average Bonchev–Trinajstić information content (AvgIpc) is 2.67. The van der Waals surface area contributed by atoms with Crippen molar-refractivity contribution in [3.8, 4) is 5.75 Å². The Kier molecular flexibility index (Phi) is 5.82. The molecule has 0 radical (unpaired) electrons. The standard InChI is InChI=1S/C19H24N4O2/c1-15-5-7-17(8-6-15)25-13-11-20-18(24)16-4-2-12-23(14-16)19-21-9-3-10-22-19/h3,5-10,16H,2,4,11-14H2,1H3,(H,20,24). The smallest absolute Gasteiger partial charge is 0.225 e. The van der Waals surface area contributed by atoms with Gasteiger partial charge in [0.2, 0.25) is 11.9 Å². The van der Waals surface area contributed by atoms with Crippen LogP contribution in [0.15, 0.2) is 42.7 Å². The van der Waals surface area contributed by atoms with E-state index in [1.54, 1.807) is 18.5 Å². The molecule has 1 unspecified atom stereocenters. The highest BCUT2D eigenvalue weighted by atomic mass is 16.5. The van der Waals surface area contributed by atoms with Crippen LogP contribution in [0, 0.1) is 12.8 Å². The molecular formula is C19H24N4O2. The van der Waals surface area contributed by atoms with Crippen molar-refractivity contribution in [3.05, 3.63) is 48.3 Å². The van der Waals surface area contributed by atoms with Gasteiger partial charge in [-0.2, -0.15) is 0 Å². The zero-order valence-electron chi connectivity index (χ0n) is 14.5. The number of nitrogens with zero attached hydrogens (tertiary/aromatic N) is 3. The van der Waals surface area contributed by atoms with E-state index in [2.05, 4.69) is 20.2 Å². The SMILES string of the molecule is Cc1ccc(OCCNC(=O)C2CCCN(c3ncccn3)C2)cc1. The number of nitrogens with one attached hydrogen (secondary N) is 1. The Morgan fingerprint density at radius 2 is 2.04 bits per heavy atom. The summed E-state index contributed by atoms with van der Waals surface area (Å²) in [6, 6.07) is 9.70. The first-order valence-electron chi connectivity index (χ1n) is 8.71. The summed E-state index contributed by atoms with van der Waals surface area (Å²) in [6.07, 6.45) is 5.33. The number of amides is 1. The van der Waals surface area contributed by atoms with Crippen LogP contribution in [0.2, 0.25) is 0 Å². The molecule has 0 aliphatic carbocycles. The second-order valence-electron chi connectivity index (χ2n) is 6.29. The second-order valence-corrected chi connectivity index (χ2v) is 6.29. The van der Waals surface area contributed by atoms with Crippen LogP contribution in [-0.2, 0) is 4.79 Å². The third kappa shape index (κ3) is 4.92. The predicted molar refractivity (Wildman–Crippen MR) is 96.7 cm³/mol. The minimum atomic E-state index is -0.0306. The molecule has 6 heteroatoms. The van der Waals surface area contributed by atoms with Gasteiger partial charge in [0, 0.05) is 25.5 Å². The summed E-state index contributed by atoms with van der Waals surface area (Å²) in [5, 5.41) is 2.97. The van der Waals surface area contributed by atoms with E-state index in [9.17, 15) is 4.79 Å². The first-order valence-corrected chi connectivity index (χ1v) is 8.71. The van der Waals surface area contributed by atoms with Crippen LogP contribution >= 0.6 is 0 Å². The molecule has 6 nitrogen and oxygen atoms in total. The van der Waals surface area contributed by atoms with E-state index in [4.69, 9.17) is 4.74 Å². The Balaban J connectivity index is 1.42. The van der Waals surface area contributed by atoms with Gasteiger partial charge in [-0.15, -0.1) is 0 Å². The Hall–Kier alpha value is -2.63. The monoisotopic (exact) mass is 340 g/mol. The molecule has 3 rings (SSSR count). The van der Waals surface area contributed by atoms with Gasteiger partial charge in [0.1, 0.15) is 12.4 Å². The van der Waals surface area contributed by atoms with Gasteiger partial charge in [-0.1, -0.05) is 17.7 Å². The molecule has 1 aliphatic rings. The number of aromatic nitrogens is 2. The Morgan fingerprint density at radius 3 is 2.80 bits per heavy atom. The molecular weight excluding hydrogens is 316 g/mol. The molecule has 2 heterocycles. The average molecular weight is 340 g/mol. The molecule has 1 amide bonds. The van der Waals surface area contributed by atoms with E-state index >= 15 is 0 Å². The Labute approximate surface area is 148 Å². The number of carbonyl (C=O) groups is 1. The lowest BCUT2D eigenvalue weighted by Gasteiger charge is -2.31. The second kappa shape index (κ2) is 8.46. The van der Waals surface area contributed by atoms with Crippen molar-refractivity contribution in [3.63, 3.8) is 0 Å². The normalized spacial score (nSPS) is 17.2. The molecule has 0 bridgehead atoms. The van der Waals surface area contributed by atoms with Crippen molar-refractivity contribution in [2.45, 2.75) is 19.8 Å². The Morgan fingerprint density at radius 1 is 1.28 bits per heavy atom. The van der Waals surface area contributed by atoms with Crippen molar-refractivity contribution < 1.29 is 9.53 Å². The molecule has 132 valence electrons. The van der Waals surface area contributed by atoms with Crippen molar-refractivity contribution in [2.75, 3.05) is 31.1 Å². The lowest BCUT2D eigenvalue weighted by molar-refractivity contribution is -0.125. The number of piperidine rings is 1. The van der Waals surface area contributed by atoms with Crippen molar-refractivity contribution in [1.29, 1.82) is 0 Å². The van der Waals surface area contributed by atoms with Crippen LogP contribution in [0.5, 0.6) is 5.75 Å². The largest absolute Gasteiger partial charge is 0.492 e. The van der Waals surface area contributed by atoms with E-state index in [0.29, 0.717) is 25.6 Å². The molecule has 1 fully saturated rings. The van der Waals surface area contributed by atoms with Gasteiger partial charge in [0.15, 0.2) is 0 Å². The van der Waals surface area contributed by atoms with Gasteiger partial charge in [0.05, 0.1) is 12.5 Å². The minimum Gasteiger partial charge on any atom is -0.492 e. The van der Waals surface area contributed by atoms with Crippen LogP contribution in [-0.4, -0.2) is 42.1 Å². The zero-order chi connectivity index (χ0) is 17.5. The summed E-state index contributed by atoms with van der Waals surface area (Å²) in [4.78, 5) is 23.0. The number of rotatable bonds is 6. The summed E-state index contributed by atoms with van der Waals surface area (Å²) in [6.45, 7) is 4.56. The lowest BCUT2D eigenvalue weighted by atomic mass is 9.97. The van der Waals surface area contributed by atoms with E-state index in [1.165, 1.54) is 5.56 Å². The quantitative estimate of drug-likeness (QED) is 0.817. The Bertz CT molecular complexity index is 676. The van der Waals surface area contributed by atoms with E-state index in [0.717, 1.165) is 25.1 Å². The molecule has 0 spiro atoms. The number of ether oxygens (including phenoxy) is 1. The molecule has 1 N–H and O–H groups in total. The minimum absolute atomic E-state index is 0.0306. The van der Waals surface area contributed by atoms with Gasteiger partial charge < -0.3 is 15.0 Å². The van der Waals surface area contributed by atoms with Crippen LogP contribution in [0.25, 0.3) is 0 Å². The molecule has 0 saturated carbocycles. The molecule has 1 saturated heterocycles. The van der Waals surface area contributed by atoms with Gasteiger partial charge in [-0.05, 0) is 38.0 Å². The highest BCUT2D eigenvalue weighted by Gasteiger charge is 2.26. The molecule has 1 atom stereocenters. The highest BCUT2D eigenvalue weighted by molar-refractivity contribution is 5.79. The lowest BCUT2D eigenvalue weighted by Crippen LogP contribution is -2.44. The predicted octanol–water partition coefficient (Wildman–Crippen LogP) is 2.20. The van der Waals surface area contributed by atoms with Gasteiger partial charge in [0.25, 0.3) is 0 Å². The number of anilines is 1. The maximum absolute atomic E-state index is 12.4. The number of carbonyl (C=O) groups excluding carboxylic acids is 1. The van der Waals surface area contributed by atoms with Crippen LogP contribution in [0.3, 0.4) is 0 Å². The summed E-state index contributed by atoms with van der Waals surface area (Å²) < 4.78 is 5.64. The van der Waals surface area contributed by atoms with E-state index in [1.807, 2.05) is 31.2 Å². The van der Waals surface area contributed by atoms with Crippen LogP contribution in [0.4, 0.5) is 5.95 Å². The summed E-state index contributed by atoms with van der Waals surface area (Å²) >= 11 is 0. The van der Waals surface area contributed by atoms with Gasteiger partial charge in [-0.25, -0.2) is 9.97 Å². The summed E-state index contributed by atoms with van der Waals surface area (Å²) in [5.41, 5.74) is 1.20. The zero-order valence-corrected chi connectivity index (χ0v) is 14.5. The highest BCUT2D eigenvalue weighted by Crippen LogP contribution is 2.20. The third-order valence-electron chi connectivity index (χ3n) is 4.32. The molecule has 25 heavy (non-hydrogen) atoms. The van der Waals surface area contributed by atoms with Gasteiger partial charge in [-0.3, -0.25) is 4.79 Å². The van der Waals surface area contributed by atoms with Crippen molar-refractivity contribution >= 4 is 11.9 Å². The van der Waals surface area contributed by atoms with Crippen molar-refractivity contribution in [1.82, 2.24) is 15.3 Å². The molecule has 1 aliphatic heterocycles. The summed E-state index contributed by atoms with van der Waals surface area (Å²) in [7, 11) is 0. The first kappa shape index (κ1) is 17.2. The number of hydrogen-bond donors (Lipinski definition) is 1. The number of aryl methyl sites for hydroxylation is 1. The molecule has 1 aromatic carbocycles. The number of hydrogen-bond acceptors (Lipinski definition) is 5. The fourth-order valence-corrected chi connectivity index (χ4v) is 2.95. The molecule has 2 aromatic rings. The fourth-order valence-electron chi connectivity index (χ4n) is 2.95. The maximum Gasteiger partial charge on any atom is 0.225 e. The number of benzene rings is 1. The van der Waals surface area contributed by atoms with E-state index in [-0.39, 0.29) is 11.8 Å².